The third-order valence-corrected chi connectivity index (χ3v) is 6.09. The Labute approximate surface area is 169 Å². The van der Waals surface area contributed by atoms with Crippen LogP contribution in [0.2, 0.25) is 0 Å². The molecule has 2 aliphatic heterocycles. The highest BCUT2D eigenvalue weighted by Gasteiger charge is 2.47. The minimum atomic E-state index is -0.659. The van der Waals surface area contributed by atoms with E-state index < -0.39 is 11.9 Å². The molecule has 1 aromatic rings. The molecule has 27 heavy (non-hydrogen) atoms. The molecule has 2 heterocycles. The summed E-state index contributed by atoms with van der Waals surface area (Å²) >= 11 is 4.64. The Hall–Kier alpha value is -2.26. The van der Waals surface area contributed by atoms with Gasteiger partial charge in [0.25, 0.3) is 5.84 Å². The zero-order valence-electron chi connectivity index (χ0n) is 15.0. The number of nitrogens with zero attached hydrogens (tertiary/aromatic N) is 3. The maximum absolute atomic E-state index is 12.7. The van der Waals surface area contributed by atoms with E-state index >= 15 is 0 Å². The van der Waals surface area contributed by atoms with E-state index in [1.54, 1.807) is 25.4 Å². The smallest absolute Gasteiger partial charge is 0.325 e. The van der Waals surface area contributed by atoms with Crippen molar-refractivity contribution in [1.82, 2.24) is 4.90 Å². The van der Waals surface area contributed by atoms with Crippen molar-refractivity contribution in [1.29, 1.82) is 0 Å². The van der Waals surface area contributed by atoms with Gasteiger partial charge in [0.15, 0.2) is 5.92 Å². The van der Waals surface area contributed by atoms with Crippen LogP contribution in [-0.2, 0) is 9.59 Å². The second-order valence-corrected chi connectivity index (χ2v) is 8.11. The fourth-order valence-corrected chi connectivity index (χ4v) is 4.11. The Morgan fingerprint density at radius 2 is 2.00 bits per heavy atom. The van der Waals surface area contributed by atoms with Crippen LogP contribution in [0.5, 0.6) is 0 Å². The van der Waals surface area contributed by atoms with Gasteiger partial charge in [0.1, 0.15) is 6.21 Å². The van der Waals surface area contributed by atoms with E-state index in [4.69, 9.17) is 0 Å². The van der Waals surface area contributed by atoms with E-state index in [0.29, 0.717) is 11.5 Å². The number of urea groups is 1. The van der Waals surface area contributed by atoms with Crippen LogP contribution in [0.25, 0.3) is 0 Å². The van der Waals surface area contributed by atoms with Gasteiger partial charge in [0.05, 0.1) is 19.8 Å². The van der Waals surface area contributed by atoms with E-state index in [-0.39, 0.29) is 17.6 Å². The molecule has 0 fully saturated rings. The monoisotopic (exact) mass is 449 g/mol. The first-order valence-corrected chi connectivity index (χ1v) is 9.92. The molecule has 0 saturated heterocycles. The Balaban J connectivity index is 1.76. The molecular formula is C18H18BrN4O3S+. The van der Waals surface area contributed by atoms with Crippen LogP contribution in [0, 0.1) is 5.92 Å². The molecule has 0 radical (unpaired) electrons. The largest absolute Gasteiger partial charge is 0.445 e. The number of imide groups is 1. The van der Waals surface area contributed by atoms with E-state index in [9.17, 15) is 14.4 Å². The topological polar surface area (TPSA) is 81.9 Å². The highest BCUT2D eigenvalue weighted by atomic mass is 79.9. The third kappa shape index (κ3) is 3.89. The number of hydrogen-bond donors (Lipinski definition) is 1. The Morgan fingerprint density at radius 1 is 1.33 bits per heavy atom. The van der Waals surface area contributed by atoms with Crippen molar-refractivity contribution >= 4 is 63.3 Å². The molecule has 9 heteroatoms. The first kappa shape index (κ1) is 19.5. The van der Waals surface area contributed by atoms with Gasteiger partial charge in [-0.3, -0.25) is 9.59 Å². The Morgan fingerprint density at radius 3 is 2.67 bits per heavy atom. The van der Waals surface area contributed by atoms with E-state index in [0.717, 1.165) is 19.9 Å². The normalized spacial score (nSPS) is 19.6. The average molecular weight is 450 g/mol. The fraction of sp³-hybridized carbons (Fsp3) is 0.278. The number of halogens is 1. The van der Waals surface area contributed by atoms with E-state index in [2.05, 4.69) is 26.2 Å². The minimum absolute atomic E-state index is 0.148. The van der Waals surface area contributed by atoms with Crippen LogP contribution in [-0.4, -0.2) is 59.2 Å². The number of rotatable bonds is 4. The molecule has 140 valence electrons. The van der Waals surface area contributed by atoms with Gasteiger partial charge in [-0.1, -0.05) is 15.9 Å². The molecule has 0 bridgehead atoms. The predicted molar refractivity (Wildman–Crippen MR) is 109 cm³/mol. The average Bonchev–Trinajstić information content (AvgIpc) is 2.65. The first-order valence-electron chi connectivity index (χ1n) is 8.14. The summed E-state index contributed by atoms with van der Waals surface area (Å²) in [6.07, 6.45) is 1.63. The number of anilines is 1. The summed E-state index contributed by atoms with van der Waals surface area (Å²) in [6.45, 7) is 1.85. The number of aliphatic imine (C=N–C) groups is 1. The molecular weight excluding hydrogens is 432 g/mol. The van der Waals surface area contributed by atoms with E-state index in [1.807, 2.05) is 19.1 Å². The lowest BCUT2D eigenvalue weighted by atomic mass is 9.99. The second-order valence-electron chi connectivity index (χ2n) is 6.18. The standard InChI is InChI=1S/C18H17BrN4O3S/c1-10-8-20-16-14(17(25)23(3)18(26)22(16)2)15(10)27-9-13(24)21-12-6-4-11(19)5-7-12/h4-8,14H,9H2,1-3H3/p+1. The lowest BCUT2D eigenvalue weighted by Crippen LogP contribution is -2.52. The number of fused-ring (bicyclic) bond motifs is 1. The maximum atomic E-state index is 12.7. The van der Waals surface area contributed by atoms with Gasteiger partial charge < -0.3 is 5.32 Å². The van der Waals surface area contributed by atoms with Crippen LogP contribution < -0.4 is 5.32 Å². The summed E-state index contributed by atoms with van der Waals surface area (Å²) < 4.78 is 2.30. The second kappa shape index (κ2) is 7.77. The van der Waals surface area contributed by atoms with Gasteiger partial charge in [-0.25, -0.2) is 4.79 Å². The SMILES string of the molecule is CC1=C(SCC(=O)Nc2ccc(Br)cc2)C2C(=O)N(C)C(=O)[N+](C)=C2N=C1. The van der Waals surface area contributed by atoms with E-state index in [1.165, 1.54) is 23.4 Å². The molecule has 1 atom stereocenters. The number of dihydropyridines is 1. The molecule has 2 aliphatic rings. The van der Waals surface area contributed by atoms with Crippen LogP contribution in [0.4, 0.5) is 10.5 Å². The number of thioether (sulfide) groups is 1. The number of amidine groups is 1. The number of hydrogen-bond acceptors (Lipinski definition) is 5. The Bertz CT molecular complexity index is 921. The lowest BCUT2D eigenvalue weighted by Gasteiger charge is -2.27. The minimum Gasteiger partial charge on any atom is -0.325 e. The van der Waals surface area contributed by atoms with Crippen LogP contribution in [0.3, 0.4) is 0 Å². The summed E-state index contributed by atoms with van der Waals surface area (Å²) in [4.78, 5) is 43.2. The summed E-state index contributed by atoms with van der Waals surface area (Å²) in [5, 5.41) is 2.83. The van der Waals surface area contributed by atoms with Gasteiger partial charge in [-0.05, 0) is 36.8 Å². The number of benzene rings is 1. The zero-order valence-corrected chi connectivity index (χ0v) is 17.4. The van der Waals surface area contributed by atoms with Crippen molar-refractivity contribution in [2.75, 3.05) is 25.2 Å². The molecule has 1 N–H and O–H groups in total. The number of carbonyl (C=O) groups is 3. The predicted octanol–water partition coefficient (Wildman–Crippen LogP) is 2.73. The molecule has 3 rings (SSSR count). The van der Waals surface area contributed by atoms with Crippen LogP contribution >= 0.6 is 27.7 Å². The molecule has 0 aromatic heterocycles. The summed E-state index contributed by atoms with van der Waals surface area (Å²) in [5.41, 5.74) is 1.51. The van der Waals surface area contributed by atoms with Gasteiger partial charge in [0, 0.05) is 15.1 Å². The fourth-order valence-electron chi connectivity index (χ4n) is 2.83. The number of amides is 4. The van der Waals surface area contributed by atoms with Crippen molar-refractivity contribution in [2.45, 2.75) is 6.92 Å². The first-order chi connectivity index (χ1) is 12.8. The highest BCUT2D eigenvalue weighted by molar-refractivity contribution is 9.10. The zero-order chi connectivity index (χ0) is 19.7. The third-order valence-electron chi connectivity index (χ3n) is 4.28. The molecule has 7 nitrogen and oxygen atoms in total. The van der Waals surface area contributed by atoms with Gasteiger partial charge in [0.2, 0.25) is 5.91 Å². The van der Waals surface area contributed by atoms with Gasteiger partial charge in [-0.2, -0.15) is 9.48 Å². The van der Waals surface area contributed by atoms with Crippen molar-refractivity contribution in [3.8, 4) is 0 Å². The lowest BCUT2D eigenvalue weighted by molar-refractivity contribution is -0.407. The number of carbonyl (C=O) groups excluding carboxylic acids is 3. The number of allylic oxidation sites excluding steroid dienone is 1. The van der Waals surface area contributed by atoms with Gasteiger partial charge in [-0.15, -0.1) is 16.8 Å². The van der Waals surface area contributed by atoms with Crippen molar-refractivity contribution in [2.24, 2.45) is 10.9 Å². The summed E-state index contributed by atoms with van der Waals surface area (Å²) in [5.74, 6) is -0.625. The summed E-state index contributed by atoms with van der Waals surface area (Å²) in [7, 11) is 3.04. The molecule has 1 unspecified atom stereocenters. The molecule has 0 aliphatic carbocycles. The molecule has 0 saturated carbocycles. The van der Waals surface area contributed by atoms with Crippen molar-refractivity contribution in [3.05, 3.63) is 39.2 Å². The molecule has 0 spiro atoms. The maximum Gasteiger partial charge on any atom is 0.445 e. The molecule has 1 aromatic carbocycles. The van der Waals surface area contributed by atoms with Crippen molar-refractivity contribution in [3.63, 3.8) is 0 Å². The summed E-state index contributed by atoms with van der Waals surface area (Å²) in [6, 6.07) is 6.88. The Kier molecular flexibility index (Phi) is 5.61. The van der Waals surface area contributed by atoms with Gasteiger partial charge >= 0.3 is 11.9 Å². The highest BCUT2D eigenvalue weighted by Crippen LogP contribution is 2.34. The van der Waals surface area contributed by atoms with Crippen LogP contribution in [0.15, 0.2) is 44.2 Å². The van der Waals surface area contributed by atoms with Crippen LogP contribution in [0.1, 0.15) is 6.92 Å². The number of nitrogens with one attached hydrogen (secondary N) is 1. The quantitative estimate of drug-likeness (QED) is 0.716. The molecule has 4 amide bonds. The van der Waals surface area contributed by atoms with Crippen molar-refractivity contribution < 1.29 is 19.0 Å².